The summed E-state index contributed by atoms with van der Waals surface area (Å²) in [5.74, 6) is 0.499. The fourth-order valence-corrected chi connectivity index (χ4v) is 3.10. The van der Waals surface area contributed by atoms with E-state index in [0.29, 0.717) is 24.2 Å². The quantitative estimate of drug-likeness (QED) is 0.718. The third-order valence-corrected chi connectivity index (χ3v) is 3.83. The van der Waals surface area contributed by atoms with Gasteiger partial charge in [-0.25, -0.2) is 0 Å². The van der Waals surface area contributed by atoms with Gasteiger partial charge in [0.1, 0.15) is 0 Å². The zero-order valence-corrected chi connectivity index (χ0v) is 12.4. The van der Waals surface area contributed by atoms with Gasteiger partial charge >= 0.3 is 0 Å². The molecule has 3 atom stereocenters. The molecule has 2 aliphatic heterocycles. The topological polar surface area (TPSA) is 27.7 Å². The lowest BCUT2D eigenvalue weighted by Gasteiger charge is -2.41. The molecule has 1 aliphatic carbocycles. The van der Waals surface area contributed by atoms with Crippen LogP contribution in [-0.4, -0.2) is 30.2 Å². The maximum Gasteiger partial charge on any atom is 0.160 e. The van der Waals surface area contributed by atoms with Gasteiger partial charge in [-0.3, -0.25) is 0 Å². The fraction of sp³-hybridized carbons (Fsp3) is 1.00. The van der Waals surface area contributed by atoms with Gasteiger partial charge in [0.25, 0.3) is 0 Å². The molecule has 0 aromatic heterocycles. The van der Waals surface area contributed by atoms with Crippen LogP contribution in [0.15, 0.2) is 0 Å². The largest absolute Gasteiger partial charge is 0.372 e. The Morgan fingerprint density at radius 1 is 1.06 bits per heavy atom. The van der Waals surface area contributed by atoms with Gasteiger partial charge in [0.15, 0.2) is 6.29 Å². The van der Waals surface area contributed by atoms with Crippen molar-refractivity contribution in [1.82, 2.24) is 0 Å². The molecule has 3 fully saturated rings. The first-order chi connectivity index (χ1) is 8.35. The molecular formula is C15H28O3. The van der Waals surface area contributed by atoms with E-state index >= 15 is 0 Å². The summed E-state index contributed by atoms with van der Waals surface area (Å²) in [7, 11) is 0. The van der Waals surface area contributed by atoms with Crippen LogP contribution in [0.25, 0.3) is 0 Å². The smallest absolute Gasteiger partial charge is 0.160 e. The van der Waals surface area contributed by atoms with Gasteiger partial charge in [0.05, 0.1) is 23.9 Å². The Morgan fingerprint density at radius 3 is 1.83 bits per heavy atom. The van der Waals surface area contributed by atoms with Gasteiger partial charge in [0, 0.05) is 18.8 Å². The highest BCUT2D eigenvalue weighted by Gasteiger charge is 2.36. The molecular weight excluding hydrogens is 228 g/mol. The van der Waals surface area contributed by atoms with Crippen LogP contribution < -0.4 is 0 Å². The first-order valence-electron chi connectivity index (χ1n) is 7.34. The average Bonchev–Trinajstić information content (AvgIpc) is 2.55. The Bertz CT molecular complexity index is 255. The Labute approximate surface area is 111 Å². The zero-order valence-electron chi connectivity index (χ0n) is 12.4. The maximum absolute atomic E-state index is 5.72. The van der Waals surface area contributed by atoms with Crippen LogP contribution in [0.3, 0.4) is 0 Å². The monoisotopic (exact) mass is 256 g/mol. The van der Waals surface area contributed by atoms with Crippen molar-refractivity contribution in [3.05, 3.63) is 0 Å². The van der Waals surface area contributed by atoms with Crippen LogP contribution >= 0.6 is 0 Å². The van der Waals surface area contributed by atoms with Gasteiger partial charge in [-0.05, 0) is 33.6 Å². The van der Waals surface area contributed by atoms with Crippen molar-refractivity contribution in [3.63, 3.8) is 0 Å². The lowest BCUT2D eigenvalue weighted by Crippen LogP contribution is -2.43. The van der Waals surface area contributed by atoms with Crippen molar-refractivity contribution >= 4 is 0 Å². The van der Waals surface area contributed by atoms with Crippen molar-refractivity contribution < 1.29 is 14.2 Å². The molecule has 2 saturated heterocycles. The van der Waals surface area contributed by atoms with Crippen molar-refractivity contribution in [2.75, 3.05) is 0 Å². The lowest BCUT2D eigenvalue weighted by atomic mass is 9.95. The summed E-state index contributed by atoms with van der Waals surface area (Å²) in [6, 6.07) is 0. The second-order valence-corrected chi connectivity index (χ2v) is 6.83. The van der Waals surface area contributed by atoms with Crippen molar-refractivity contribution in [2.45, 2.75) is 90.5 Å². The predicted molar refractivity (Wildman–Crippen MR) is 71.5 cm³/mol. The second kappa shape index (κ2) is 5.48. The Balaban J connectivity index is 0.000000149. The Morgan fingerprint density at radius 2 is 1.56 bits per heavy atom. The van der Waals surface area contributed by atoms with E-state index in [9.17, 15) is 0 Å². The van der Waals surface area contributed by atoms with Crippen LogP contribution in [0.1, 0.15) is 60.3 Å². The van der Waals surface area contributed by atoms with Crippen LogP contribution in [0.5, 0.6) is 0 Å². The summed E-state index contributed by atoms with van der Waals surface area (Å²) in [6.07, 6.45) is 6.33. The summed E-state index contributed by atoms with van der Waals surface area (Å²) in [4.78, 5) is 0. The molecule has 3 aliphatic rings. The minimum absolute atomic E-state index is 0.0706. The Hall–Kier alpha value is -0.120. The van der Waals surface area contributed by atoms with E-state index < -0.39 is 0 Å². The van der Waals surface area contributed by atoms with Crippen LogP contribution in [0.2, 0.25) is 0 Å². The first kappa shape index (κ1) is 14.3. The minimum atomic E-state index is 0.0706. The molecule has 0 aromatic carbocycles. The molecule has 106 valence electrons. The first-order valence-corrected chi connectivity index (χ1v) is 7.34. The number of rotatable bonds is 1. The molecule has 3 nitrogen and oxygen atoms in total. The number of hydrogen-bond acceptors (Lipinski definition) is 3. The van der Waals surface area contributed by atoms with E-state index in [-0.39, 0.29) is 11.9 Å². The van der Waals surface area contributed by atoms with Gasteiger partial charge in [-0.1, -0.05) is 13.8 Å². The van der Waals surface area contributed by atoms with E-state index in [4.69, 9.17) is 14.2 Å². The number of hydrogen-bond donors (Lipinski definition) is 0. The summed E-state index contributed by atoms with van der Waals surface area (Å²) < 4.78 is 16.8. The molecule has 2 bridgehead atoms. The molecule has 0 spiro atoms. The van der Waals surface area contributed by atoms with Crippen LogP contribution in [-0.2, 0) is 14.2 Å². The molecule has 3 heteroatoms. The summed E-state index contributed by atoms with van der Waals surface area (Å²) in [6.45, 7) is 10.6. The summed E-state index contributed by atoms with van der Waals surface area (Å²) >= 11 is 0. The summed E-state index contributed by atoms with van der Waals surface area (Å²) in [5.41, 5.74) is 0.194. The van der Waals surface area contributed by atoms with Crippen molar-refractivity contribution in [1.29, 1.82) is 0 Å². The predicted octanol–water partition coefficient (Wildman–Crippen LogP) is 3.51. The maximum atomic E-state index is 5.72. The van der Waals surface area contributed by atoms with E-state index in [2.05, 4.69) is 34.6 Å². The highest BCUT2D eigenvalue weighted by molar-refractivity contribution is 4.82. The third kappa shape index (κ3) is 3.69. The molecule has 3 unspecified atom stereocenters. The van der Waals surface area contributed by atoms with Crippen LogP contribution in [0, 0.1) is 5.92 Å². The van der Waals surface area contributed by atoms with E-state index in [0.717, 1.165) is 6.42 Å². The van der Waals surface area contributed by atoms with E-state index in [1.54, 1.807) is 0 Å². The molecule has 0 amide bonds. The van der Waals surface area contributed by atoms with E-state index in [1.807, 2.05) is 0 Å². The zero-order chi connectivity index (χ0) is 13.3. The summed E-state index contributed by atoms with van der Waals surface area (Å²) in [5, 5.41) is 0. The minimum Gasteiger partial charge on any atom is -0.372 e. The number of fused-ring (bicyclic) bond motifs is 2. The molecule has 2 heterocycles. The molecule has 18 heavy (non-hydrogen) atoms. The SMILES string of the molecule is CC(C)C1OC2CCC(C2)O1.CC1CC(C)(C)O1. The van der Waals surface area contributed by atoms with Gasteiger partial charge in [0.2, 0.25) is 0 Å². The molecule has 0 aromatic rings. The van der Waals surface area contributed by atoms with Gasteiger partial charge in [-0.2, -0.15) is 0 Å². The molecule has 0 radical (unpaired) electrons. The highest BCUT2D eigenvalue weighted by atomic mass is 16.7. The number of ether oxygens (including phenoxy) is 3. The Kier molecular flexibility index (Phi) is 4.35. The average molecular weight is 256 g/mol. The fourth-order valence-electron chi connectivity index (χ4n) is 3.10. The van der Waals surface area contributed by atoms with Crippen molar-refractivity contribution in [2.24, 2.45) is 5.92 Å². The third-order valence-electron chi connectivity index (χ3n) is 3.83. The van der Waals surface area contributed by atoms with Gasteiger partial charge in [-0.15, -0.1) is 0 Å². The molecule has 1 saturated carbocycles. The van der Waals surface area contributed by atoms with Gasteiger partial charge < -0.3 is 14.2 Å². The molecule has 3 rings (SSSR count). The molecule has 0 N–H and O–H groups in total. The van der Waals surface area contributed by atoms with E-state index in [1.165, 1.54) is 19.3 Å². The second-order valence-electron chi connectivity index (χ2n) is 6.83. The van der Waals surface area contributed by atoms with Crippen molar-refractivity contribution in [3.8, 4) is 0 Å². The van der Waals surface area contributed by atoms with Crippen LogP contribution in [0.4, 0.5) is 0 Å². The highest BCUT2D eigenvalue weighted by Crippen LogP contribution is 2.34. The normalized spacial score (nSPS) is 41.0. The lowest BCUT2D eigenvalue weighted by molar-refractivity contribution is -0.236. The standard InChI is InChI=1S/C9H16O2.C6H12O/c1-6(2)9-10-7-3-4-8(5-7)11-9;1-5-4-6(2,3)7-5/h6-9H,3-5H2,1-2H3;5H,4H2,1-3H3.